The second kappa shape index (κ2) is 4.05. The molecule has 0 spiro atoms. The van der Waals surface area contributed by atoms with E-state index in [0.717, 1.165) is 6.54 Å². The Morgan fingerprint density at radius 3 is 2.91 bits per heavy atom. The van der Waals surface area contributed by atoms with Crippen LogP contribution in [0.1, 0.15) is 26.7 Å². The lowest BCUT2D eigenvalue weighted by molar-refractivity contribution is 0.483. The molecule has 0 aliphatic carbocycles. The molecule has 0 aromatic carbocycles. The summed E-state index contributed by atoms with van der Waals surface area (Å²) in [6.45, 7) is 5.38. The van der Waals surface area contributed by atoms with Gasteiger partial charge in [-0.05, 0) is 25.0 Å². The third-order valence-corrected chi connectivity index (χ3v) is 1.74. The second-order valence-corrected chi connectivity index (χ2v) is 2.86. The Labute approximate surface area is 68.7 Å². The minimum absolute atomic E-state index is 1.12. The molecule has 0 saturated carbocycles. The maximum absolute atomic E-state index is 3.17. The molecular weight excluding hydrogens is 134 g/mol. The Morgan fingerprint density at radius 1 is 1.55 bits per heavy atom. The van der Waals surface area contributed by atoms with E-state index in [1.807, 2.05) is 6.20 Å². The molecular formula is C10H15N. The normalized spacial score (nSPS) is 15.5. The molecule has 0 aromatic heterocycles. The van der Waals surface area contributed by atoms with Gasteiger partial charge in [-0.15, -0.1) is 0 Å². The van der Waals surface area contributed by atoms with Crippen LogP contribution in [0.3, 0.4) is 0 Å². The molecule has 60 valence electrons. The lowest BCUT2D eigenvalue weighted by Gasteiger charge is -2.15. The summed E-state index contributed by atoms with van der Waals surface area (Å²) in [4.78, 5) is 2.18. The van der Waals surface area contributed by atoms with Gasteiger partial charge in [0.05, 0.1) is 0 Å². The van der Waals surface area contributed by atoms with Gasteiger partial charge in [0.2, 0.25) is 0 Å². The smallest absolute Gasteiger partial charge is 0.0466 e. The van der Waals surface area contributed by atoms with Gasteiger partial charge in [0, 0.05) is 18.9 Å². The first kappa shape index (κ1) is 8.16. The molecule has 0 N–H and O–H groups in total. The van der Waals surface area contributed by atoms with Crippen LogP contribution in [-0.2, 0) is 0 Å². The standard InChI is InChI=1S/C10H15N/c1-3-4-7-11-8-5-10(2)6-9-11/h5,8-9H,3-4,7H2,1-2H3. The molecule has 1 aliphatic heterocycles. The van der Waals surface area contributed by atoms with Crippen molar-refractivity contribution in [3.63, 3.8) is 0 Å². The molecule has 1 aliphatic rings. The third-order valence-electron chi connectivity index (χ3n) is 1.74. The molecule has 1 heterocycles. The van der Waals surface area contributed by atoms with E-state index >= 15 is 0 Å². The van der Waals surface area contributed by atoms with Crippen molar-refractivity contribution in [3.05, 3.63) is 29.8 Å². The van der Waals surface area contributed by atoms with Crippen LogP contribution in [0.15, 0.2) is 29.8 Å². The highest BCUT2D eigenvalue weighted by Gasteiger charge is 1.95. The summed E-state index contributed by atoms with van der Waals surface area (Å²) in [5, 5.41) is 0. The third kappa shape index (κ3) is 2.65. The van der Waals surface area contributed by atoms with E-state index < -0.39 is 0 Å². The number of allylic oxidation sites excluding steroid dienone is 2. The zero-order chi connectivity index (χ0) is 8.10. The fraction of sp³-hybridized carbons (Fsp3) is 0.500. The largest absolute Gasteiger partial charge is 0.348 e. The number of hydrogen-bond donors (Lipinski definition) is 0. The van der Waals surface area contributed by atoms with Gasteiger partial charge in [0.15, 0.2) is 0 Å². The Hall–Kier alpha value is -0.940. The molecule has 0 unspecified atom stereocenters. The summed E-state index contributed by atoms with van der Waals surface area (Å²) < 4.78 is 0. The van der Waals surface area contributed by atoms with Crippen LogP contribution in [0, 0.1) is 0 Å². The molecule has 1 rings (SSSR count). The quantitative estimate of drug-likeness (QED) is 0.558. The van der Waals surface area contributed by atoms with E-state index in [4.69, 9.17) is 0 Å². The van der Waals surface area contributed by atoms with Crippen molar-refractivity contribution in [1.29, 1.82) is 0 Å². The molecule has 1 heteroatoms. The van der Waals surface area contributed by atoms with E-state index in [2.05, 4.69) is 36.8 Å². The predicted octanol–water partition coefficient (Wildman–Crippen LogP) is 2.67. The minimum Gasteiger partial charge on any atom is -0.348 e. The van der Waals surface area contributed by atoms with E-state index in [9.17, 15) is 0 Å². The van der Waals surface area contributed by atoms with Crippen molar-refractivity contribution >= 4 is 0 Å². The van der Waals surface area contributed by atoms with Crippen molar-refractivity contribution in [2.24, 2.45) is 0 Å². The maximum atomic E-state index is 3.17. The zero-order valence-electron chi connectivity index (χ0n) is 7.30. The van der Waals surface area contributed by atoms with Gasteiger partial charge in [0.25, 0.3) is 0 Å². The average Bonchev–Trinajstić information content (AvgIpc) is 2.04. The van der Waals surface area contributed by atoms with Crippen LogP contribution in [0.4, 0.5) is 0 Å². The van der Waals surface area contributed by atoms with Gasteiger partial charge >= 0.3 is 0 Å². The molecule has 11 heavy (non-hydrogen) atoms. The van der Waals surface area contributed by atoms with Gasteiger partial charge in [-0.2, -0.15) is 0 Å². The summed E-state index contributed by atoms with van der Waals surface area (Å²) in [5.74, 6) is 0. The van der Waals surface area contributed by atoms with Crippen LogP contribution < -0.4 is 0 Å². The van der Waals surface area contributed by atoms with Gasteiger partial charge in [-0.1, -0.05) is 19.1 Å². The van der Waals surface area contributed by atoms with Crippen LogP contribution in [0.2, 0.25) is 0 Å². The van der Waals surface area contributed by atoms with E-state index in [-0.39, 0.29) is 0 Å². The Balaban J connectivity index is 2.41. The lowest BCUT2D eigenvalue weighted by Crippen LogP contribution is -2.11. The van der Waals surface area contributed by atoms with Gasteiger partial charge < -0.3 is 4.90 Å². The highest BCUT2D eigenvalue weighted by molar-refractivity contribution is 5.19. The van der Waals surface area contributed by atoms with Gasteiger partial charge in [-0.25, -0.2) is 0 Å². The monoisotopic (exact) mass is 149 g/mol. The summed E-state index contributed by atoms with van der Waals surface area (Å²) in [7, 11) is 0. The highest BCUT2D eigenvalue weighted by Crippen LogP contribution is 2.04. The van der Waals surface area contributed by atoms with Crippen LogP contribution >= 0.6 is 0 Å². The van der Waals surface area contributed by atoms with Gasteiger partial charge in [0.1, 0.15) is 0 Å². The molecule has 1 nitrogen and oxygen atoms in total. The van der Waals surface area contributed by atoms with E-state index in [0.29, 0.717) is 0 Å². The van der Waals surface area contributed by atoms with E-state index in [1.165, 1.54) is 18.4 Å². The van der Waals surface area contributed by atoms with Crippen molar-refractivity contribution < 1.29 is 0 Å². The zero-order valence-corrected chi connectivity index (χ0v) is 7.30. The van der Waals surface area contributed by atoms with E-state index in [1.54, 1.807) is 0 Å². The first-order valence-corrected chi connectivity index (χ1v) is 4.20. The fourth-order valence-corrected chi connectivity index (χ4v) is 0.963. The fourth-order valence-electron chi connectivity index (χ4n) is 0.963. The summed E-state index contributed by atoms with van der Waals surface area (Å²) in [5.41, 5.74) is 4.38. The summed E-state index contributed by atoms with van der Waals surface area (Å²) >= 11 is 0. The molecule has 0 fully saturated rings. The number of unbranched alkanes of at least 4 members (excludes halogenated alkanes) is 1. The molecule has 0 saturated heterocycles. The molecule has 0 atom stereocenters. The topological polar surface area (TPSA) is 3.24 Å². The number of nitrogens with zero attached hydrogens (tertiary/aromatic N) is 1. The molecule has 0 radical (unpaired) electrons. The van der Waals surface area contributed by atoms with Crippen LogP contribution in [-0.4, -0.2) is 11.4 Å². The molecule has 0 amide bonds. The maximum Gasteiger partial charge on any atom is 0.0466 e. The summed E-state index contributed by atoms with van der Waals surface area (Å²) in [6.07, 6.45) is 8.73. The summed E-state index contributed by atoms with van der Waals surface area (Å²) in [6, 6.07) is 0. The minimum atomic E-state index is 1.12. The number of rotatable bonds is 3. The van der Waals surface area contributed by atoms with Crippen molar-refractivity contribution in [2.75, 3.05) is 6.54 Å². The van der Waals surface area contributed by atoms with Gasteiger partial charge in [-0.3, -0.25) is 0 Å². The van der Waals surface area contributed by atoms with Crippen molar-refractivity contribution in [3.8, 4) is 0 Å². The predicted molar refractivity (Wildman–Crippen MR) is 48.0 cm³/mol. The first-order chi connectivity index (χ1) is 5.33. The molecule has 0 aromatic rings. The first-order valence-electron chi connectivity index (χ1n) is 4.20. The Kier molecular flexibility index (Phi) is 3.00. The van der Waals surface area contributed by atoms with Crippen LogP contribution in [0.25, 0.3) is 0 Å². The Morgan fingerprint density at radius 2 is 2.36 bits per heavy atom. The lowest BCUT2D eigenvalue weighted by atomic mass is 10.2. The highest BCUT2D eigenvalue weighted by atomic mass is 15.1. The Bertz CT molecular complexity index is 207. The SMILES string of the molecule is CCCCN1C=C=C(C)C=C1. The van der Waals surface area contributed by atoms with Crippen LogP contribution in [0.5, 0.6) is 0 Å². The second-order valence-electron chi connectivity index (χ2n) is 2.86. The average molecular weight is 149 g/mol. The number of hydrogen-bond acceptors (Lipinski definition) is 1. The van der Waals surface area contributed by atoms with Crippen molar-refractivity contribution in [2.45, 2.75) is 26.7 Å². The molecule has 0 bridgehead atoms. The van der Waals surface area contributed by atoms with Crippen molar-refractivity contribution in [1.82, 2.24) is 4.90 Å².